The Balaban J connectivity index is 1.46. The number of anilines is 2. The highest BCUT2D eigenvalue weighted by atomic mass is 16.2. The lowest BCUT2D eigenvalue weighted by Crippen LogP contribution is -2.55. The first kappa shape index (κ1) is 20.3. The summed E-state index contributed by atoms with van der Waals surface area (Å²) in [4.78, 5) is 36.6. The second-order valence-electron chi connectivity index (χ2n) is 6.83. The second-order valence-corrected chi connectivity index (χ2v) is 6.83. The Labute approximate surface area is 169 Å². The van der Waals surface area contributed by atoms with E-state index in [1.54, 1.807) is 35.1 Å². The van der Waals surface area contributed by atoms with E-state index in [0.29, 0.717) is 31.4 Å². The molecule has 10 nitrogen and oxygen atoms in total. The molecule has 1 aliphatic heterocycles. The molecule has 154 valence electrons. The molecule has 29 heavy (non-hydrogen) atoms. The number of aliphatic imine (C=N–C) groups is 1. The molecule has 10 heteroatoms. The van der Waals surface area contributed by atoms with Crippen LogP contribution >= 0.6 is 0 Å². The first-order valence-electron chi connectivity index (χ1n) is 9.43. The van der Waals surface area contributed by atoms with Gasteiger partial charge in [-0.1, -0.05) is 6.07 Å². The Kier molecular flexibility index (Phi) is 6.43. The number of carbonyl (C=O) groups excluding carboxylic acids is 2. The monoisotopic (exact) mass is 398 g/mol. The SMILES string of the molecule is CN=C(NCCC(=O)Nc1ccc(C)cn1)N1CCN(c2cnn(C)c2)C(=O)C1. The molecule has 2 amide bonds. The molecule has 0 saturated carbocycles. The molecule has 2 aromatic rings. The molecule has 1 fully saturated rings. The van der Waals surface area contributed by atoms with Crippen LogP contribution in [0.15, 0.2) is 35.7 Å². The van der Waals surface area contributed by atoms with Crippen LogP contribution in [0.3, 0.4) is 0 Å². The largest absolute Gasteiger partial charge is 0.356 e. The lowest BCUT2D eigenvalue weighted by Gasteiger charge is -2.35. The summed E-state index contributed by atoms with van der Waals surface area (Å²) >= 11 is 0. The van der Waals surface area contributed by atoms with Crippen LogP contribution in [-0.2, 0) is 16.6 Å². The number of carbonyl (C=O) groups is 2. The van der Waals surface area contributed by atoms with Crippen molar-refractivity contribution in [2.75, 3.05) is 43.4 Å². The van der Waals surface area contributed by atoms with Crippen LogP contribution in [0.25, 0.3) is 0 Å². The highest BCUT2D eigenvalue weighted by molar-refractivity contribution is 5.98. The van der Waals surface area contributed by atoms with Crippen molar-refractivity contribution >= 4 is 29.3 Å². The lowest BCUT2D eigenvalue weighted by atomic mass is 10.3. The van der Waals surface area contributed by atoms with Crippen molar-refractivity contribution in [3.8, 4) is 0 Å². The van der Waals surface area contributed by atoms with E-state index in [2.05, 4.69) is 25.7 Å². The van der Waals surface area contributed by atoms with Crippen LogP contribution in [0, 0.1) is 6.92 Å². The summed E-state index contributed by atoms with van der Waals surface area (Å²) in [7, 11) is 3.48. The fraction of sp³-hybridized carbons (Fsp3) is 0.421. The number of pyridine rings is 1. The lowest BCUT2D eigenvalue weighted by molar-refractivity contribution is -0.120. The summed E-state index contributed by atoms with van der Waals surface area (Å²) < 4.78 is 1.67. The van der Waals surface area contributed by atoms with Gasteiger partial charge in [-0.05, 0) is 18.6 Å². The third-order valence-corrected chi connectivity index (χ3v) is 4.55. The molecule has 0 spiro atoms. The molecule has 3 heterocycles. The molecule has 0 bridgehead atoms. The average Bonchev–Trinajstić information content (AvgIpc) is 3.13. The molecule has 0 aromatic carbocycles. The minimum atomic E-state index is -0.137. The molecule has 1 saturated heterocycles. The number of nitrogens with one attached hydrogen (secondary N) is 2. The fourth-order valence-electron chi connectivity index (χ4n) is 3.04. The van der Waals surface area contributed by atoms with E-state index in [1.807, 2.05) is 31.1 Å². The van der Waals surface area contributed by atoms with Crippen LogP contribution in [0.5, 0.6) is 0 Å². The average molecular weight is 398 g/mol. The van der Waals surface area contributed by atoms with Gasteiger partial charge in [0.25, 0.3) is 0 Å². The van der Waals surface area contributed by atoms with Crippen LogP contribution in [0.4, 0.5) is 11.5 Å². The summed E-state index contributed by atoms with van der Waals surface area (Å²) in [5.74, 6) is 0.977. The van der Waals surface area contributed by atoms with E-state index in [4.69, 9.17) is 0 Å². The Morgan fingerprint density at radius 3 is 2.72 bits per heavy atom. The number of aryl methyl sites for hydroxylation is 2. The van der Waals surface area contributed by atoms with Crippen molar-refractivity contribution in [1.29, 1.82) is 0 Å². The number of piperazine rings is 1. The molecule has 2 aromatic heterocycles. The van der Waals surface area contributed by atoms with Crippen molar-refractivity contribution in [2.24, 2.45) is 12.0 Å². The van der Waals surface area contributed by atoms with Crippen LogP contribution in [0.1, 0.15) is 12.0 Å². The van der Waals surface area contributed by atoms with Gasteiger partial charge in [-0.2, -0.15) is 5.10 Å². The number of aromatic nitrogens is 3. The molecule has 1 aliphatic rings. The highest BCUT2D eigenvalue weighted by Gasteiger charge is 2.27. The topological polar surface area (TPSA) is 108 Å². The second kappa shape index (κ2) is 9.18. The summed E-state index contributed by atoms with van der Waals surface area (Å²) in [5.41, 5.74) is 1.83. The van der Waals surface area contributed by atoms with Crippen molar-refractivity contribution in [3.05, 3.63) is 36.3 Å². The van der Waals surface area contributed by atoms with Crippen molar-refractivity contribution in [3.63, 3.8) is 0 Å². The first-order valence-corrected chi connectivity index (χ1v) is 9.43. The standard InChI is InChI=1S/C19H26N8O2/c1-14-4-5-16(22-10-14)24-17(28)6-7-21-19(20-2)26-8-9-27(18(29)13-26)15-11-23-25(3)12-15/h4-5,10-12H,6-9,13H2,1-3H3,(H,20,21)(H,22,24,28). The van der Waals surface area contributed by atoms with Gasteiger partial charge >= 0.3 is 0 Å². The van der Waals surface area contributed by atoms with E-state index in [0.717, 1.165) is 11.3 Å². The van der Waals surface area contributed by atoms with E-state index in [9.17, 15) is 9.59 Å². The maximum Gasteiger partial charge on any atom is 0.246 e. The Bertz CT molecular complexity index is 890. The highest BCUT2D eigenvalue weighted by Crippen LogP contribution is 2.16. The molecular formula is C19H26N8O2. The summed E-state index contributed by atoms with van der Waals surface area (Å²) in [5, 5.41) is 10.0. The Hall–Kier alpha value is -3.43. The molecule has 0 radical (unpaired) electrons. The quantitative estimate of drug-likeness (QED) is 0.557. The zero-order valence-electron chi connectivity index (χ0n) is 16.9. The smallest absolute Gasteiger partial charge is 0.246 e. The number of nitrogens with zero attached hydrogens (tertiary/aromatic N) is 6. The maximum absolute atomic E-state index is 12.5. The van der Waals surface area contributed by atoms with Gasteiger partial charge in [0.2, 0.25) is 11.8 Å². The summed E-state index contributed by atoms with van der Waals surface area (Å²) in [6.45, 7) is 3.75. The normalized spacial score (nSPS) is 14.9. The maximum atomic E-state index is 12.5. The van der Waals surface area contributed by atoms with Gasteiger partial charge in [0, 0.05) is 52.5 Å². The van der Waals surface area contributed by atoms with Crippen LogP contribution in [-0.4, -0.2) is 70.7 Å². The van der Waals surface area contributed by atoms with Gasteiger partial charge < -0.3 is 20.4 Å². The van der Waals surface area contributed by atoms with Crippen molar-refractivity contribution in [2.45, 2.75) is 13.3 Å². The first-order chi connectivity index (χ1) is 14.0. The Morgan fingerprint density at radius 2 is 2.10 bits per heavy atom. The minimum Gasteiger partial charge on any atom is -0.356 e. The van der Waals surface area contributed by atoms with Crippen molar-refractivity contribution in [1.82, 2.24) is 25.0 Å². The summed E-state index contributed by atoms with van der Waals surface area (Å²) in [6.07, 6.45) is 5.47. The zero-order valence-corrected chi connectivity index (χ0v) is 16.9. The van der Waals surface area contributed by atoms with E-state index >= 15 is 0 Å². The molecule has 0 unspecified atom stereocenters. The van der Waals surface area contributed by atoms with Crippen molar-refractivity contribution < 1.29 is 9.59 Å². The number of guanidine groups is 1. The predicted molar refractivity (Wildman–Crippen MR) is 111 cm³/mol. The number of hydrogen-bond donors (Lipinski definition) is 2. The van der Waals surface area contributed by atoms with E-state index < -0.39 is 0 Å². The Morgan fingerprint density at radius 1 is 1.28 bits per heavy atom. The van der Waals surface area contributed by atoms with E-state index in [1.165, 1.54) is 0 Å². The third-order valence-electron chi connectivity index (χ3n) is 4.55. The molecule has 3 rings (SSSR count). The molecule has 0 aliphatic carbocycles. The molecular weight excluding hydrogens is 372 g/mol. The van der Waals surface area contributed by atoms with Gasteiger partial charge in [-0.25, -0.2) is 4.98 Å². The predicted octanol–water partition coefficient (Wildman–Crippen LogP) is 0.376. The van der Waals surface area contributed by atoms with Crippen LogP contribution < -0.4 is 15.5 Å². The number of rotatable bonds is 5. The van der Waals surface area contributed by atoms with Gasteiger partial charge in [0.15, 0.2) is 5.96 Å². The van der Waals surface area contributed by atoms with Gasteiger partial charge in [0.1, 0.15) is 12.4 Å². The zero-order chi connectivity index (χ0) is 20.8. The molecule has 2 N–H and O–H groups in total. The molecule has 0 atom stereocenters. The summed E-state index contributed by atoms with van der Waals surface area (Å²) in [6, 6.07) is 3.66. The minimum absolute atomic E-state index is 0.0182. The number of hydrogen-bond acceptors (Lipinski definition) is 5. The third kappa shape index (κ3) is 5.31. The number of amides is 2. The van der Waals surface area contributed by atoms with Crippen LogP contribution in [0.2, 0.25) is 0 Å². The van der Waals surface area contributed by atoms with E-state index in [-0.39, 0.29) is 24.8 Å². The van der Waals surface area contributed by atoms with Gasteiger partial charge in [0.05, 0.1) is 11.9 Å². The van der Waals surface area contributed by atoms with Gasteiger partial charge in [-0.3, -0.25) is 19.3 Å². The van der Waals surface area contributed by atoms with Gasteiger partial charge in [-0.15, -0.1) is 0 Å². The fourth-order valence-corrected chi connectivity index (χ4v) is 3.04.